The topological polar surface area (TPSA) is 79.2 Å². The first-order valence-electron chi connectivity index (χ1n) is 10.2. The summed E-state index contributed by atoms with van der Waals surface area (Å²) in [6.07, 6.45) is 8.72. The maximum Gasteiger partial charge on any atom is 0.178 e. The van der Waals surface area contributed by atoms with Crippen LogP contribution in [-0.2, 0) is 6.54 Å². The maximum atomic E-state index is 13.7. The van der Waals surface area contributed by atoms with E-state index in [4.69, 9.17) is 4.98 Å². The Hall–Kier alpha value is -4.47. The van der Waals surface area contributed by atoms with Crippen molar-refractivity contribution < 1.29 is 8.78 Å². The van der Waals surface area contributed by atoms with Crippen molar-refractivity contribution in [3.05, 3.63) is 90.4 Å². The van der Waals surface area contributed by atoms with E-state index >= 15 is 0 Å². The molecule has 0 atom stereocenters. The van der Waals surface area contributed by atoms with Crippen molar-refractivity contribution in [1.82, 2.24) is 38.9 Å². The third kappa shape index (κ3) is 3.32. The third-order valence-corrected chi connectivity index (χ3v) is 5.44. The first kappa shape index (κ1) is 19.2. The molecular formula is C23H16F2N8. The molecule has 6 aromatic rings. The van der Waals surface area contributed by atoms with Crippen LogP contribution in [-0.4, -0.2) is 38.9 Å². The second-order valence-electron chi connectivity index (χ2n) is 7.63. The lowest BCUT2D eigenvalue weighted by atomic mass is 10.2. The summed E-state index contributed by atoms with van der Waals surface area (Å²) in [4.78, 5) is 18.2. The van der Waals surface area contributed by atoms with Gasteiger partial charge in [-0.2, -0.15) is 5.10 Å². The summed E-state index contributed by atoms with van der Waals surface area (Å²) in [5.41, 5.74) is 3.93. The first-order valence-corrected chi connectivity index (χ1v) is 10.2. The number of halogens is 2. The molecule has 5 aromatic heterocycles. The van der Waals surface area contributed by atoms with Crippen LogP contribution in [0, 0.1) is 18.6 Å². The average molecular weight is 442 g/mol. The van der Waals surface area contributed by atoms with Crippen molar-refractivity contribution in [1.29, 1.82) is 0 Å². The van der Waals surface area contributed by atoms with E-state index in [0.717, 1.165) is 22.8 Å². The van der Waals surface area contributed by atoms with Crippen LogP contribution in [0.2, 0.25) is 0 Å². The molecule has 8 nitrogen and oxygen atoms in total. The molecule has 162 valence electrons. The smallest absolute Gasteiger partial charge is 0.178 e. The highest BCUT2D eigenvalue weighted by atomic mass is 19.1. The lowest BCUT2D eigenvalue weighted by Gasteiger charge is -2.09. The van der Waals surface area contributed by atoms with Crippen molar-refractivity contribution in [2.24, 2.45) is 0 Å². The van der Waals surface area contributed by atoms with E-state index in [9.17, 15) is 8.78 Å². The largest absolute Gasteiger partial charge is 0.322 e. The van der Waals surface area contributed by atoms with Crippen LogP contribution >= 0.6 is 0 Å². The number of hydrogen-bond donors (Lipinski definition) is 0. The SMILES string of the molecule is Cc1nc2ncc(-n3ccc4ncc(-n5cccn5)nc43)cc2n1Cc1cc(F)cc(F)c1. The molecule has 0 radical (unpaired) electrons. The molecule has 10 heteroatoms. The molecule has 0 amide bonds. The number of nitrogens with zero attached hydrogens (tertiary/aromatic N) is 8. The number of imidazole rings is 1. The molecule has 0 aliphatic heterocycles. The molecule has 0 unspecified atom stereocenters. The third-order valence-electron chi connectivity index (χ3n) is 5.44. The van der Waals surface area contributed by atoms with Crippen LogP contribution < -0.4 is 0 Å². The Morgan fingerprint density at radius 1 is 0.939 bits per heavy atom. The van der Waals surface area contributed by atoms with Gasteiger partial charge in [-0.15, -0.1) is 0 Å². The molecule has 0 saturated heterocycles. The van der Waals surface area contributed by atoms with Crippen molar-refractivity contribution in [2.75, 3.05) is 0 Å². The summed E-state index contributed by atoms with van der Waals surface area (Å²) in [6, 6.07) is 9.11. The zero-order chi connectivity index (χ0) is 22.5. The van der Waals surface area contributed by atoms with Crippen LogP contribution in [0.25, 0.3) is 33.8 Å². The highest BCUT2D eigenvalue weighted by Crippen LogP contribution is 2.23. The van der Waals surface area contributed by atoms with E-state index in [1.54, 1.807) is 29.5 Å². The summed E-state index contributed by atoms with van der Waals surface area (Å²) in [7, 11) is 0. The molecular weight excluding hydrogens is 426 g/mol. The van der Waals surface area contributed by atoms with Gasteiger partial charge in [-0.1, -0.05) is 0 Å². The van der Waals surface area contributed by atoms with Gasteiger partial charge in [0.15, 0.2) is 17.1 Å². The van der Waals surface area contributed by atoms with E-state index in [1.807, 2.05) is 40.5 Å². The highest BCUT2D eigenvalue weighted by Gasteiger charge is 2.14. The van der Waals surface area contributed by atoms with E-state index < -0.39 is 11.6 Å². The molecule has 1 aromatic carbocycles. The summed E-state index contributed by atoms with van der Waals surface area (Å²) >= 11 is 0. The zero-order valence-electron chi connectivity index (χ0n) is 17.4. The second-order valence-corrected chi connectivity index (χ2v) is 7.63. The molecule has 0 fully saturated rings. The maximum absolute atomic E-state index is 13.7. The van der Waals surface area contributed by atoms with E-state index in [-0.39, 0.29) is 6.54 Å². The minimum atomic E-state index is -0.615. The Bertz CT molecular complexity index is 1610. The Morgan fingerprint density at radius 3 is 2.58 bits per heavy atom. The van der Waals surface area contributed by atoms with Crippen molar-refractivity contribution in [2.45, 2.75) is 13.5 Å². The predicted octanol–water partition coefficient (Wildman–Crippen LogP) is 3.99. The lowest BCUT2D eigenvalue weighted by Crippen LogP contribution is -2.04. The Labute approximate surface area is 185 Å². The lowest BCUT2D eigenvalue weighted by molar-refractivity contribution is 0.577. The van der Waals surface area contributed by atoms with Crippen LogP contribution in [0.15, 0.2) is 67.4 Å². The number of benzene rings is 1. The Morgan fingerprint density at radius 2 is 1.79 bits per heavy atom. The molecule has 0 aliphatic rings. The Kier molecular flexibility index (Phi) is 4.25. The minimum Gasteiger partial charge on any atom is -0.322 e. The van der Waals surface area contributed by atoms with Gasteiger partial charge in [0.2, 0.25) is 0 Å². The van der Waals surface area contributed by atoms with Gasteiger partial charge >= 0.3 is 0 Å². The monoisotopic (exact) mass is 442 g/mol. The van der Waals surface area contributed by atoms with Crippen LogP contribution in [0.1, 0.15) is 11.4 Å². The van der Waals surface area contributed by atoms with Crippen LogP contribution in [0.4, 0.5) is 8.78 Å². The van der Waals surface area contributed by atoms with E-state index in [0.29, 0.717) is 28.5 Å². The number of aryl methyl sites for hydroxylation is 1. The molecule has 33 heavy (non-hydrogen) atoms. The predicted molar refractivity (Wildman–Crippen MR) is 117 cm³/mol. The zero-order valence-corrected chi connectivity index (χ0v) is 17.4. The normalized spacial score (nSPS) is 11.6. The number of hydrogen-bond acceptors (Lipinski definition) is 5. The molecule has 0 saturated carbocycles. The average Bonchev–Trinajstić information content (AvgIpc) is 3.52. The molecule has 0 aliphatic carbocycles. The summed E-state index contributed by atoms with van der Waals surface area (Å²) in [5, 5.41) is 4.22. The van der Waals surface area contributed by atoms with Gasteiger partial charge in [0.25, 0.3) is 0 Å². The molecule has 0 N–H and O–H groups in total. The van der Waals surface area contributed by atoms with Crippen molar-refractivity contribution in [3.63, 3.8) is 0 Å². The van der Waals surface area contributed by atoms with E-state index in [1.165, 1.54) is 12.1 Å². The highest BCUT2D eigenvalue weighted by molar-refractivity contribution is 5.78. The van der Waals surface area contributed by atoms with Gasteiger partial charge in [-0.25, -0.2) is 33.4 Å². The summed E-state index contributed by atoms with van der Waals surface area (Å²) in [6.45, 7) is 2.10. The molecule has 6 rings (SSSR count). The number of aromatic nitrogens is 8. The van der Waals surface area contributed by atoms with Gasteiger partial charge in [-0.3, -0.25) is 4.57 Å². The van der Waals surface area contributed by atoms with Crippen LogP contribution in [0.3, 0.4) is 0 Å². The summed E-state index contributed by atoms with van der Waals surface area (Å²) < 4.78 is 32.8. The van der Waals surface area contributed by atoms with E-state index in [2.05, 4.69) is 20.1 Å². The fraction of sp³-hybridized carbons (Fsp3) is 0.0870. The van der Waals surface area contributed by atoms with Gasteiger partial charge in [0.05, 0.1) is 23.6 Å². The van der Waals surface area contributed by atoms with Gasteiger partial charge in [0.1, 0.15) is 23.0 Å². The number of rotatable bonds is 4. The molecule has 5 heterocycles. The quantitative estimate of drug-likeness (QED) is 0.413. The Balaban J connectivity index is 1.47. The van der Waals surface area contributed by atoms with Crippen LogP contribution in [0.5, 0.6) is 0 Å². The van der Waals surface area contributed by atoms with Gasteiger partial charge < -0.3 is 4.57 Å². The van der Waals surface area contributed by atoms with Crippen molar-refractivity contribution >= 4 is 22.3 Å². The van der Waals surface area contributed by atoms with Gasteiger partial charge in [-0.05, 0) is 42.8 Å². The first-order chi connectivity index (χ1) is 16.0. The molecule has 0 spiro atoms. The number of fused-ring (bicyclic) bond motifs is 2. The summed E-state index contributed by atoms with van der Waals surface area (Å²) in [5.74, 6) is 0.0560. The fourth-order valence-electron chi connectivity index (χ4n) is 3.94. The van der Waals surface area contributed by atoms with Crippen molar-refractivity contribution in [3.8, 4) is 11.5 Å². The standard InChI is InChI=1S/C23H16F2N8/c1-14-29-22-20(32(14)13-15-7-16(24)9-17(25)8-15)10-18(11-27-22)31-6-3-19-23(31)30-21(12-26-19)33-5-2-4-28-33/h2-12H,13H2,1H3. The molecule has 0 bridgehead atoms. The fourth-order valence-corrected chi connectivity index (χ4v) is 3.94. The number of pyridine rings is 1. The minimum absolute atomic E-state index is 0.262. The van der Waals surface area contributed by atoms with Gasteiger partial charge in [0, 0.05) is 31.2 Å². The second kappa shape index (κ2) is 7.30.